The molecule has 0 fully saturated rings. The van der Waals surface area contributed by atoms with Crippen molar-refractivity contribution in [3.8, 4) is 0 Å². The number of aliphatic carboxylic acids is 1. The van der Waals surface area contributed by atoms with Crippen molar-refractivity contribution < 1.29 is 31.0 Å². The molecule has 0 bridgehead atoms. The van der Waals surface area contributed by atoms with E-state index in [0.717, 1.165) is 32.1 Å². The maximum atomic E-state index is 11.0. The Bertz CT molecular complexity index is 142. The number of carbonyl (C=O) groups is 1. The first-order valence-corrected chi connectivity index (χ1v) is 4.86. The molecule has 0 aromatic rings. The smallest absolute Gasteiger partial charge is 0.309 e. The molecule has 0 saturated heterocycles. The molecule has 0 rings (SSSR count). The van der Waals surface area contributed by atoms with Gasteiger partial charge in [0.2, 0.25) is 0 Å². The van der Waals surface area contributed by atoms with Crippen LogP contribution in [0.15, 0.2) is 0 Å². The summed E-state index contributed by atoms with van der Waals surface area (Å²) in [6.07, 6.45) is 4.42. The van der Waals surface area contributed by atoms with Crippen LogP contribution in [0.4, 0.5) is 0 Å². The van der Waals surface area contributed by atoms with Crippen molar-refractivity contribution >= 4 is 5.97 Å². The minimum Gasteiger partial charge on any atom is -0.481 e. The molecule has 0 aromatic carbocycles. The number of rotatable bonds is 6. The SMILES string of the molecule is CCCCC(CC)(CC)C(=O)O.[Mo]. The van der Waals surface area contributed by atoms with Gasteiger partial charge in [-0.2, -0.15) is 0 Å². The van der Waals surface area contributed by atoms with Crippen LogP contribution in [0.2, 0.25) is 0 Å². The average molecular weight is 268 g/mol. The maximum absolute atomic E-state index is 11.0. The molecular formula is C10H20MoO2. The molecule has 0 aliphatic heterocycles. The topological polar surface area (TPSA) is 37.3 Å². The second-order valence-electron chi connectivity index (χ2n) is 3.40. The molecule has 0 aromatic heterocycles. The first-order chi connectivity index (χ1) is 5.63. The van der Waals surface area contributed by atoms with Crippen molar-refractivity contribution in [2.45, 2.75) is 52.9 Å². The van der Waals surface area contributed by atoms with Gasteiger partial charge in [0.15, 0.2) is 0 Å². The fraction of sp³-hybridized carbons (Fsp3) is 0.900. The minimum atomic E-state index is -0.624. The van der Waals surface area contributed by atoms with Crippen molar-refractivity contribution in [1.82, 2.24) is 0 Å². The number of carboxylic acids is 1. The van der Waals surface area contributed by atoms with E-state index in [0.29, 0.717) is 0 Å². The number of hydrogen-bond donors (Lipinski definition) is 1. The summed E-state index contributed by atoms with van der Waals surface area (Å²) in [5.74, 6) is -0.624. The molecule has 13 heavy (non-hydrogen) atoms. The van der Waals surface area contributed by atoms with Gasteiger partial charge in [0, 0.05) is 21.1 Å². The van der Waals surface area contributed by atoms with Crippen molar-refractivity contribution in [2.75, 3.05) is 0 Å². The molecule has 0 aliphatic carbocycles. The van der Waals surface area contributed by atoms with E-state index in [1.54, 1.807) is 0 Å². The Morgan fingerprint density at radius 3 is 1.92 bits per heavy atom. The summed E-state index contributed by atoms with van der Waals surface area (Å²) in [5, 5.41) is 9.05. The second kappa shape index (κ2) is 7.55. The van der Waals surface area contributed by atoms with Gasteiger partial charge >= 0.3 is 5.97 Å². The Labute approximate surface area is 95.4 Å². The molecule has 0 unspecified atom stereocenters. The summed E-state index contributed by atoms with van der Waals surface area (Å²) in [6, 6.07) is 0. The zero-order chi connectivity index (χ0) is 9.61. The van der Waals surface area contributed by atoms with Crippen LogP contribution < -0.4 is 0 Å². The van der Waals surface area contributed by atoms with E-state index < -0.39 is 11.4 Å². The van der Waals surface area contributed by atoms with Gasteiger partial charge in [-0.05, 0) is 19.3 Å². The van der Waals surface area contributed by atoms with Crippen LogP contribution in [0.3, 0.4) is 0 Å². The molecule has 0 atom stereocenters. The van der Waals surface area contributed by atoms with Crippen LogP contribution in [-0.4, -0.2) is 11.1 Å². The molecule has 2 nitrogen and oxygen atoms in total. The predicted octanol–water partition coefficient (Wildman–Crippen LogP) is 3.07. The zero-order valence-corrected chi connectivity index (χ0v) is 10.8. The van der Waals surface area contributed by atoms with Gasteiger partial charge in [-0.15, -0.1) is 0 Å². The monoisotopic (exact) mass is 270 g/mol. The first-order valence-electron chi connectivity index (χ1n) is 4.86. The third-order valence-corrected chi connectivity index (χ3v) is 2.82. The molecule has 0 spiro atoms. The fourth-order valence-electron chi connectivity index (χ4n) is 1.53. The summed E-state index contributed by atoms with van der Waals surface area (Å²) in [5.41, 5.74) is -0.448. The molecule has 0 amide bonds. The Hall–Kier alpha value is 0.158. The van der Waals surface area contributed by atoms with Crippen LogP contribution >= 0.6 is 0 Å². The van der Waals surface area contributed by atoms with Gasteiger partial charge in [-0.25, -0.2) is 0 Å². The van der Waals surface area contributed by atoms with Gasteiger partial charge < -0.3 is 5.11 Å². The van der Waals surface area contributed by atoms with E-state index in [4.69, 9.17) is 5.11 Å². The summed E-state index contributed by atoms with van der Waals surface area (Å²) >= 11 is 0. The number of carboxylic acid groups (broad SMARTS) is 1. The van der Waals surface area contributed by atoms with Gasteiger partial charge in [0.25, 0.3) is 0 Å². The zero-order valence-electron chi connectivity index (χ0n) is 8.80. The number of hydrogen-bond acceptors (Lipinski definition) is 1. The van der Waals surface area contributed by atoms with Gasteiger partial charge in [0.1, 0.15) is 0 Å². The van der Waals surface area contributed by atoms with Crippen LogP contribution in [0.1, 0.15) is 52.9 Å². The third-order valence-electron chi connectivity index (χ3n) is 2.82. The Morgan fingerprint density at radius 1 is 1.23 bits per heavy atom. The summed E-state index contributed by atoms with van der Waals surface area (Å²) in [4.78, 5) is 11.0. The average Bonchev–Trinajstić information content (AvgIpc) is 2.07. The molecule has 1 N–H and O–H groups in total. The molecular weight excluding hydrogens is 248 g/mol. The van der Waals surface area contributed by atoms with Crippen molar-refractivity contribution in [2.24, 2.45) is 5.41 Å². The van der Waals surface area contributed by atoms with Crippen molar-refractivity contribution in [1.29, 1.82) is 0 Å². The van der Waals surface area contributed by atoms with Gasteiger partial charge in [0.05, 0.1) is 5.41 Å². The Morgan fingerprint density at radius 2 is 1.69 bits per heavy atom. The molecule has 3 heteroatoms. The molecule has 0 heterocycles. The van der Waals surface area contributed by atoms with Crippen LogP contribution in [-0.2, 0) is 25.9 Å². The Balaban J connectivity index is 0. The van der Waals surface area contributed by atoms with Crippen molar-refractivity contribution in [3.63, 3.8) is 0 Å². The molecule has 0 saturated carbocycles. The molecule has 0 radical (unpaired) electrons. The van der Waals surface area contributed by atoms with Crippen LogP contribution in [0, 0.1) is 5.41 Å². The summed E-state index contributed by atoms with van der Waals surface area (Å²) < 4.78 is 0. The molecule has 0 aliphatic rings. The van der Waals surface area contributed by atoms with Crippen molar-refractivity contribution in [3.05, 3.63) is 0 Å². The van der Waals surface area contributed by atoms with Gasteiger partial charge in [-0.3, -0.25) is 4.79 Å². The van der Waals surface area contributed by atoms with E-state index in [1.807, 2.05) is 13.8 Å². The molecule has 78 valence electrons. The fourth-order valence-corrected chi connectivity index (χ4v) is 1.53. The van der Waals surface area contributed by atoms with Crippen LogP contribution in [0.5, 0.6) is 0 Å². The largest absolute Gasteiger partial charge is 0.481 e. The normalized spacial score (nSPS) is 10.7. The van der Waals surface area contributed by atoms with E-state index in [-0.39, 0.29) is 21.1 Å². The number of unbranched alkanes of at least 4 members (excludes halogenated alkanes) is 1. The van der Waals surface area contributed by atoms with Crippen LogP contribution in [0.25, 0.3) is 0 Å². The van der Waals surface area contributed by atoms with E-state index >= 15 is 0 Å². The summed E-state index contributed by atoms with van der Waals surface area (Å²) in [6.45, 7) is 6.03. The predicted molar refractivity (Wildman–Crippen MR) is 50.2 cm³/mol. The minimum absolute atomic E-state index is 0. The first kappa shape index (κ1) is 15.6. The standard InChI is InChI=1S/C10H20O2.Mo/c1-4-7-8-10(5-2,6-3)9(11)12;/h4-8H2,1-3H3,(H,11,12);. The quantitative estimate of drug-likeness (QED) is 0.752. The third kappa shape index (κ3) is 4.26. The maximum Gasteiger partial charge on any atom is 0.309 e. The summed E-state index contributed by atoms with van der Waals surface area (Å²) in [7, 11) is 0. The van der Waals surface area contributed by atoms with E-state index in [1.165, 1.54) is 0 Å². The van der Waals surface area contributed by atoms with E-state index in [2.05, 4.69) is 6.92 Å². The van der Waals surface area contributed by atoms with E-state index in [9.17, 15) is 4.79 Å². The Kier molecular flexibility index (Phi) is 9.08. The second-order valence-corrected chi connectivity index (χ2v) is 3.40. The van der Waals surface area contributed by atoms with Gasteiger partial charge in [-0.1, -0.05) is 33.6 Å².